The largest absolute Gasteiger partial charge is 0.352 e. The van der Waals surface area contributed by atoms with E-state index >= 15 is 0 Å². The summed E-state index contributed by atoms with van der Waals surface area (Å²) in [7, 11) is 0. The van der Waals surface area contributed by atoms with E-state index < -0.39 is 0 Å². The fraction of sp³-hybridized carbons (Fsp3) is 0.294. The van der Waals surface area contributed by atoms with E-state index in [0.717, 1.165) is 30.4 Å². The highest BCUT2D eigenvalue weighted by molar-refractivity contribution is 5.94. The molecule has 0 aliphatic rings. The Morgan fingerprint density at radius 3 is 2.65 bits per heavy atom. The van der Waals surface area contributed by atoms with Gasteiger partial charge in [0.05, 0.1) is 0 Å². The van der Waals surface area contributed by atoms with Crippen molar-refractivity contribution in [2.75, 3.05) is 6.54 Å². The normalized spacial score (nSPS) is 10.2. The van der Waals surface area contributed by atoms with Crippen LogP contribution in [-0.4, -0.2) is 17.4 Å². The summed E-state index contributed by atoms with van der Waals surface area (Å²) in [6.07, 6.45) is 6.72. The molecule has 0 saturated heterocycles. The number of carbonyl (C=O) groups is 1. The fourth-order valence-electron chi connectivity index (χ4n) is 2.01. The molecular weight excluding hydrogens is 248 g/mol. The Hall–Kier alpha value is -2.16. The molecule has 0 radical (unpaired) electrons. The molecule has 104 valence electrons. The van der Waals surface area contributed by atoms with E-state index in [-0.39, 0.29) is 5.91 Å². The molecule has 20 heavy (non-hydrogen) atoms. The Kier molecular flexibility index (Phi) is 5.30. The summed E-state index contributed by atoms with van der Waals surface area (Å²) in [5.74, 6) is 0.00591. The van der Waals surface area contributed by atoms with Gasteiger partial charge in [0.15, 0.2) is 0 Å². The van der Waals surface area contributed by atoms with E-state index in [2.05, 4.69) is 16.4 Å². The third-order valence-electron chi connectivity index (χ3n) is 3.21. The summed E-state index contributed by atoms with van der Waals surface area (Å²) in [6, 6.07) is 11.7. The van der Waals surface area contributed by atoms with Crippen LogP contribution in [0.25, 0.3) is 0 Å². The number of hydrogen-bond acceptors (Lipinski definition) is 2. The predicted molar refractivity (Wildman–Crippen MR) is 80.7 cm³/mol. The van der Waals surface area contributed by atoms with Crippen molar-refractivity contribution >= 4 is 5.91 Å². The lowest BCUT2D eigenvalue weighted by Crippen LogP contribution is -2.24. The topological polar surface area (TPSA) is 42.0 Å². The summed E-state index contributed by atoms with van der Waals surface area (Å²) in [4.78, 5) is 16.0. The zero-order chi connectivity index (χ0) is 14.2. The number of nitrogens with one attached hydrogen (secondary N) is 1. The van der Waals surface area contributed by atoms with E-state index in [9.17, 15) is 4.79 Å². The number of hydrogen-bond donors (Lipinski definition) is 1. The van der Waals surface area contributed by atoms with Crippen molar-refractivity contribution < 1.29 is 4.79 Å². The molecule has 1 aromatic carbocycles. The van der Waals surface area contributed by atoms with Crippen LogP contribution in [0.3, 0.4) is 0 Å². The summed E-state index contributed by atoms with van der Waals surface area (Å²) in [6.45, 7) is 2.73. The zero-order valence-corrected chi connectivity index (χ0v) is 11.8. The summed E-state index contributed by atoms with van der Waals surface area (Å²) >= 11 is 0. The van der Waals surface area contributed by atoms with Crippen LogP contribution >= 0.6 is 0 Å². The predicted octanol–water partition coefficient (Wildman–Crippen LogP) is 3.14. The number of carbonyl (C=O) groups excluding carboxylic acids is 1. The number of aryl methyl sites for hydroxylation is 2. The maximum atomic E-state index is 11.9. The van der Waals surface area contributed by atoms with Gasteiger partial charge in [-0.1, -0.05) is 23.8 Å². The Labute approximate surface area is 120 Å². The molecule has 0 aliphatic carbocycles. The van der Waals surface area contributed by atoms with Crippen LogP contribution in [0, 0.1) is 6.92 Å². The molecule has 0 fully saturated rings. The van der Waals surface area contributed by atoms with Crippen LogP contribution in [0.2, 0.25) is 0 Å². The van der Waals surface area contributed by atoms with Crippen LogP contribution < -0.4 is 5.32 Å². The number of nitrogens with zero attached hydrogens (tertiary/aromatic N) is 1. The molecule has 3 heteroatoms. The minimum absolute atomic E-state index is 0.00591. The molecule has 0 bridgehead atoms. The second kappa shape index (κ2) is 7.43. The Morgan fingerprint density at radius 1 is 1.15 bits per heavy atom. The van der Waals surface area contributed by atoms with Gasteiger partial charge in [-0.15, -0.1) is 0 Å². The van der Waals surface area contributed by atoms with E-state index in [1.807, 2.05) is 43.5 Å². The summed E-state index contributed by atoms with van der Waals surface area (Å²) in [5.41, 5.74) is 3.14. The average Bonchev–Trinajstić information content (AvgIpc) is 2.48. The van der Waals surface area contributed by atoms with Gasteiger partial charge >= 0.3 is 0 Å². The van der Waals surface area contributed by atoms with E-state index in [1.165, 1.54) is 5.56 Å². The smallest absolute Gasteiger partial charge is 0.251 e. The zero-order valence-electron chi connectivity index (χ0n) is 11.8. The van der Waals surface area contributed by atoms with Crippen molar-refractivity contribution in [1.29, 1.82) is 0 Å². The molecule has 3 nitrogen and oxygen atoms in total. The molecule has 0 spiro atoms. The van der Waals surface area contributed by atoms with Gasteiger partial charge in [0, 0.05) is 24.5 Å². The van der Waals surface area contributed by atoms with Gasteiger partial charge in [0.1, 0.15) is 0 Å². The van der Waals surface area contributed by atoms with Gasteiger partial charge in [-0.2, -0.15) is 0 Å². The first kappa shape index (κ1) is 14.3. The SMILES string of the molecule is Cc1ccc(C(=O)NCCCCc2cccnc2)cc1. The maximum Gasteiger partial charge on any atom is 0.251 e. The second-order valence-corrected chi connectivity index (χ2v) is 4.94. The van der Waals surface area contributed by atoms with Crippen molar-refractivity contribution in [2.45, 2.75) is 26.2 Å². The Morgan fingerprint density at radius 2 is 1.95 bits per heavy atom. The molecule has 1 aromatic heterocycles. The van der Waals surface area contributed by atoms with Gasteiger partial charge in [-0.05, 0) is 49.9 Å². The standard InChI is InChI=1S/C17H20N2O/c1-14-7-9-16(10-8-14)17(20)19-12-3-2-5-15-6-4-11-18-13-15/h4,6-11,13H,2-3,5,12H2,1H3,(H,19,20). The molecule has 1 heterocycles. The third-order valence-corrected chi connectivity index (χ3v) is 3.21. The fourth-order valence-corrected chi connectivity index (χ4v) is 2.01. The highest BCUT2D eigenvalue weighted by Gasteiger charge is 2.03. The number of aromatic nitrogens is 1. The van der Waals surface area contributed by atoms with Gasteiger partial charge in [0.2, 0.25) is 0 Å². The second-order valence-electron chi connectivity index (χ2n) is 4.94. The summed E-state index contributed by atoms with van der Waals surface area (Å²) in [5, 5.41) is 2.95. The minimum atomic E-state index is 0.00591. The first-order valence-electron chi connectivity index (χ1n) is 6.99. The molecule has 0 unspecified atom stereocenters. The molecule has 0 aliphatic heterocycles. The maximum absolute atomic E-state index is 11.9. The third kappa shape index (κ3) is 4.50. The van der Waals surface area contributed by atoms with E-state index in [1.54, 1.807) is 6.20 Å². The van der Waals surface area contributed by atoms with Gasteiger partial charge in [-0.3, -0.25) is 9.78 Å². The van der Waals surface area contributed by atoms with Gasteiger partial charge in [0.25, 0.3) is 5.91 Å². The lowest BCUT2D eigenvalue weighted by atomic mass is 10.1. The van der Waals surface area contributed by atoms with Crippen molar-refractivity contribution in [3.05, 3.63) is 65.5 Å². The lowest BCUT2D eigenvalue weighted by Gasteiger charge is -2.05. The molecule has 2 rings (SSSR count). The molecule has 1 amide bonds. The number of unbranched alkanes of at least 4 members (excludes halogenated alkanes) is 1. The quantitative estimate of drug-likeness (QED) is 0.818. The van der Waals surface area contributed by atoms with Crippen LogP contribution in [0.1, 0.15) is 34.3 Å². The van der Waals surface area contributed by atoms with Gasteiger partial charge in [-0.25, -0.2) is 0 Å². The highest BCUT2D eigenvalue weighted by Crippen LogP contribution is 2.04. The van der Waals surface area contributed by atoms with Crippen molar-refractivity contribution in [3.8, 4) is 0 Å². The average molecular weight is 268 g/mol. The number of rotatable bonds is 6. The molecule has 0 saturated carbocycles. The van der Waals surface area contributed by atoms with Gasteiger partial charge < -0.3 is 5.32 Å². The molecule has 0 atom stereocenters. The first-order chi connectivity index (χ1) is 9.75. The van der Waals surface area contributed by atoms with Crippen molar-refractivity contribution in [1.82, 2.24) is 10.3 Å². The molecule has 2 aromatic rings. The first-order valence-corrected chi connectivity index (χ1v) is 6.99. The lowest BCUT2D eigenvalue weighted by molar-refractivity contribution is 0.0953. The molecular formula is C17H20N2O. The number of pyridine rings is 1. The van der Waals surface area contributed by atoms with Crippen molar-refractivity contribution in [3.63, 3.8) is 0 Å². The van der Waals surface area contributed by atoms with E-state index in [0.29, 0.717) is 6.54 Å². The minimum Gasteiger partial charge on any atom is -0.352 e. The Balaban J connectivity index is 1.66. The summed E-state index contributed by atoms with van der Waals surface area (Å²) < 4.78 is 0. The number of amides is 1. The van der Waals surface area contributed by atoms with Crippen LogP contribution in [-0.2, 0) is 6.42 Å². The van der Waals surface area contributed by atoms with Crippen molar-refractivity contribution in [2.24, 2.45) is 0 Å². The van der Waals surface area contributed by atoms with E-state index in [4.69, 9.17) is 0 Å². The number of benzene rings is 1. The van der Waals surface area contributed by atoms with Crippen LogP contribution in [0.15, 0.2) is 48.8 Å². The van der Waals surface area contributed by atoms with Crippen LogP contribution in [0.5, 0.6) is 0 Å². The Bertz CT molecular complexity index is 535. The monoisotopic (exact) mass is 268 g/mol. The van der Waals surface area contributed by atoms with Crippen LogP contribution in [0.4, 0.5) is 0 Å². The highest BCUT2D eigenvalue weighted by atomic mass is 16.1. The molecule has 1 N–H and O–H groups in total.